The molecule has 0 fully saturated rings. The molecule has 0 spiro atoms. The molecule has 1 N–H and O–H groups in total. The third kappa shape index (κ3) is 4.50. The van der Waals surface area contributed by atoms with Crippen molar-refractivity contribution >= 4 is 0 Å². The average molecular weight is 248 g/mol. The van der Waals surface area contributed by atoms with Crippen LogP contribution in [-0.2, 0) is 6.54 Å². The highest BCUT2D eigenvalue weighted by atomic mass is 15.0. The second kappa shape index (κ2) is 7.17. The minimum Gasteiger partial charge on any atom is -0.335 e. The number of hydrogen-bond acceptors (Lipinski definition) is 3. The van der Waals surface area contributed by atoms with Gasteiger partial charge in [-0.3, -0.25) is 5.32 Å². The predicted molar refractivity (Wildman–Crippen MR) is 73.1 cm³/mol. The third-order valence-electron chi connectivity index (χ3n) is 3.26. The van der Waals surface area contributed by atoms with Crippen molar-refractivity contribution in [1.29, 1.82) is 5.26 Å². The summed E-state index contributed by atoms with van der Waals surface area (Å²) in [4.78, 5) is 4.20. The van der Waals surface area contributed by atoms with E-state index < -0.39 is 0 Å². The molecular formula is C14H24N4. The van der Waals surface area contributed by atoms with Crippen LogP contribution in [0.3, 0.4) is 0 Å². The fourth-order valence-electron chi connectivity index (χ4n) is 1.99. The summed E-state index contributed by atoms with van der Waals surface area (Å²) < 4.78 is 2.16. The molecule has 0 amide bonds. The van der Waals surface area contributed by atoms with Gasteiger partial charge < -0.3 is 4.57 Å². The molecule has 0 aliphatic carbocycles. The SMILES string of the molecule is CCCNC(C)(C#N)CCCCn1ccnc1C. The first kappa shape index (κ1) is 14.7. The van der Waals surface area contributed by atoms with Crippen molar-refractivity contribution in [3.63, 3.8) is 0 Å². The summed E-state index contributed by atoms with van der Waals surface area (Å²) in [6.07, 6.45) is 7.94. The van der Waals surface area contributed by atoms with Crippen LogP contribution in [0.1, 0.15) is 45.4 Å². The molecule has 1 aromatic rings. The van der Waals surface area contributed by atoms with Crippen molar-refractivity contribution < 1.29 is 0 Å². The van der Waals surface area contributed by atoms with Gasteiger partial charge in [0.25, 0.3) is 0 Å². The van der Waals surface area contributed by atoms with Crippen LogP contribution in [0.15, 0.2) is 12.4 Å². The van der Waals surface area contributed by atoms with E-state index in [4.69, 9.17) is 0 Å². The molecule has 0 aliphatic heterocycles. The summed E-state index contributed by atoms with van der Waals surface area (Å²) in [7, 11) is 0. The lowest BCUT2D eigenvalue weighted by Crippen LogP contribution is -2.41. The number of nitrogens with one attached hydrogen (secondary N) is 1. The first-order chi connectivity index (χ1) is 8.61. The first-order valence-electron chi connectivity index (χ1n) is 6.75. The Kier molecular flexibility index (Phi) is 5.87. The van der Waals surface area contributed by atoms with Crippen molar-refractivity contribution in [3.8, 4) is 6.07 Å². The summed E-state index contributed by atoms with van der Waals surface area (Å²) in [6, 6.07) is 2.39. The number of unbranched alkanes of at least 4 members (excludes halogenated alkanes) is 1. The van der Waals surface area contributed by atoms with Crippen molar-refractivity contribution in [2.75, 3.05) is 6.54 Å². The van der Waals surface area contributed by atoms with Crippen molar-refractivity contribution in [3.05, 3.63) is 18.2 Å². The van der Waals surface area contributed by atoms with Gasteiger partial charge in [0.05, 0.1) is 6.07 Å². The predicted octanol–water partition coefficient (Wildman–Crippen LogP) is 2.64. The molecule has 0 saturated carbocycles. The van der Waals surface area contributed by atoms with Gasteiger partial charge in [0.15, 0.2) is 0 Å². The largest absolute Gasteiger partial charge is 0.335 e. The van der Waals surface area contributed by atoms with E-state index in [2.05, 4.69) is 27.9 Å². The normalized spacial score (nSPS) is 14.1. The second-order valence-electron chi connectivity index (χ2n) is 5.00. The Hall–Kier alpha value is -1.34. The van der Waals surface area contributed by atoms with E-state index in [0.29, 0.717) is 0 Å². The molecule has 1 unspecified atom stereocenters. The van der Waals surface area contributed by atoms with Crippen LogP contribution in [0, 0.1) is 18.3 Å². The van der Waals surface area contributed by atoms with Crippen molar-refractivity contribution in [1.82, 2.24) is 14.9 Å². The molecule has 1 heterocycles. The van der Waals surface area contributed by atoms with E-state index in [1.807, 2.05) is 26.2 Å². The van der Waals surface area contributed by atoms with E-state index in [9.17, 15) is 5.26 Å². The zero-order valence-corrected chi connectivity index (χ0v) is 11.7. The number of aromatic nitrogens is 2. The molecule has 0 aliphatic rings. The van der Waals surface area contributed by atoms with E-state index in [1.165, 1.54) is 0 Å². The molecule has 1 atom stereocenters. The zero-order valence-electron chi connectivity index (χ0n) is 11.7. The molecular weight excluding hydrogens is 224 g/mol. The summed E-state index contributed by atoms with van der Waals surface area (Å²) in [5.74, 6) is 1.06. The minimum absolute atomic E-state index is 0.375. The first-order valence-corrected chi connectivity index (χ1v) is 6.75. The van der Waals surface area contributed by atoms with Gasteiger partial charge >= 0.3 is 0 Å². The summed E-state index contributed by atoms with van der Waals surface area (Å²) in [6.45, 7) is 8.02. The van der Waals surface area contributed by atoms with Crippen molar-refractivity contribution in [2.45, 2.75) is 58.5 Å². The molecule has 0 saturated heterocycles. The molecule has 0 aromatic carbocycles. The Morgan fingerprint density at radius 2 is 2.28 bits per heavy atom. The van der Waals surface area contributed by atoms with Crippen LogP contribution in [-0.4, -0.2) is 21.6 Å². The summed E-state index contributed by atoms with van der Waals surface area (Å²) in [5, 5.41) is 12.5. The molecule has 0 bridgehead atoms. The Balaban J connectivity index is 2.28. The van der Waals surface area contributed by atoms with Crippen LogP contribution >= 0.6 is 0 Å². The number of imidazole rings is 1. The zero-order chi connectivity index (χ0) is 13.4. The lowest BCUT2D eigenvalue weighted by molar-refractivity contribution is 0.395. The summed E-state index contributed by atoms with van der Waals surface area (Å²) in [5.41, 5.74) is -0.375. The maximum absolute atomic E-state index is 9.21. The molecule has 1 aromatic heterocycles. The monoisotopic (exact) mass is 248 g/mol. The van der Waals surface area contributed by atoms with Gasteiger partial charge in [0.2, 0.25) is 0 Å². The average Bonchev–Trinajstić information content (AvgIpc) is 2.78. The number of hydrogen-bond donors (Lipinski definition) is 1. The third-order valence-corrected chi connectivity index (χ3v) is 3.26. The topological polar surface area (TPSA) is 53.6 Å². The molecule has 0 radical (unpaired) electrons. The lowest BCUT2D eigenvalue weighted by Gasteiger charge is -2.23. The molecule has 4 nitrogen and oxygen atoms in total. The van der Waals surface area contributed by atoms with Crippen LogP contribution in [0.5, 0.6) is 0 Å². The number of nitriles is 1. The maximum atomic E-state index is 9.21. The Labute approximate surface area is 110 Å². The van der Waals surface area contributed by atoms with E-state index in [1.54, 1.807) is 0 Å². The lowest BCUT2D eigenvalue weighted by atomic mass is 9.96. The van der Waals surface area contributed by atoms with Gasteiger partial charge in [0, 0.05) is 18.9 Å². The van der Waals surface area contributed by atoms with E-state index in [0.717, 1.165) is 44.6 Å². The smallest absolute Gasteiger partial charge is 0.105 e. The number of aryl methyl sites for hydroxylation is 2. The van der Waals surface area contributed by atoms with Gasteiger partial charge in [-0.05, 0) is 46.1 Å². The Morgan fingerprint density at radius 1 is 1.50 bits per heavy atom. The fraction of sp³-hybridized carbons (Fsp3) is 0.714. The second-order valence-corrected chi connectivity index (χ2v) is 5.00. The van der Waals surface area contributed by atoms with Gasteiger partial charge in [-0.2, -0.15) is 5.26 Å². The van der Waals surface area contributed by atoms with E-state index in [-0.39, 0.29) is 5.54 Å². The van der Waals surface area contributed by atoms with Gasteiger partial charge in [-0.25, -0.2) is 4.98 Å². The van der Waals surface area contributed by atoms with Gasteiger partial charge in [0.1, 0.15) is 11.4 Å². The van der Waals surface area contributed by atoms with Crippen LogP contribution in [0.2, 0.25) is 0 Å². The fourth-order valence-corrected chi connectivity index (χ4v) is 1.99. The number of rotatable bonds is 8. The van der Waals surface area contributed by atoms with Crippen LogP contribution in [0.4, 0.5) is 0 Å². The highest BCUT2D eigenvalue weighted by Gasteiger charge is 2.21. The molecule has 4 heteroatoms. The molecule has 18 heavy (non-hydrogen) atoms. The number of nitrogens with zero attached hydrogens (tertiary/aromatic N) is 3. The highest BCUT2D eigenvalue weighted by molar-refractivity contribution is 5.03. The molecule has 100 valence electrons. The highest BCUT2D eigenvalue weighted by Crippen LogP contribution is 2.13. The van der Waals surface area contributed by atoms with Crippen LogP contribution in [0.25, 0.3) is 0 Å². The molecule has 1 rings (SSSR count). The van der Waals surface area contributed by atoms with Crippen molar-refractivity contribution in [2.24, 2.45) is 0 Å². The summed E-state index contributed by atoms with van der Waals surface area (Å²) >= 11 is 0. The minimum atomic E-state index is -0.375. The van der Waals surface area contributed by atoms with E-state index >= 15 is 0 Å². The Morgan fingerprint density at radius 3 is 2.83 bits per heavy atom. The van der Waals surface area contributed by atoms with Gasteiger partial charge in [-0.15, -0.1) is 0 Å². The van der Waals surface area contributed by atoms with Crippen LogP contribution < -0.4 is 5.32 Å². The quantitative estimate of drug-likeness (QED) is 0.720. The standard InChI is InChI=1S/C14H24N4/c1-4-8-17-14(3,12-15)7-5-6-10-18-11-9-16-13(18)2/h9,11,17H,4-8,10H2,1-3H3. The maximum Gasteiger partial charge on any atom is 0.105 e. The Bertz CT molecular complexity index is 391. The van der Waals surface area contributed by atoms with Gasteiger partial charge in [-0.1, -0.05) is 6.92 Å².